The number of anilines is 1. The maximum absolute atomic E-state index is 12.3. The topological polar surface area (TPSA) is 119 Å². The lowest BCUT2D eigenvalue weighted by molar-refractivity contribution is -0.151. The molecule has 1 aliphatic rings. The number of rotatable bonds is 7. The number of likely N-dealkylation sites (tertiary alicyclic amines) is 1. The third-order valence-corrected chi connectivity index (χ3v) is 5.40. The average molecular weight is 415 g/mol. The molecule has 0 radical (unpaired) electrons. The number of hydrogen-bond donors (Lipinski definition) is 2. The van der Waals surface area contributed by atoms with E-state index in [1.807, 2.05) is 31.2 Å². The Kier molecular flexibility index (Phi) is 6.28. The second kappa shape index (κ2) is 8.87. The Hall–Kier alpha value is -3.20. The first-order valence-electron chi connectivity index (χ1n) is 9.00. The minimum absolute atomic E-state index is 0.0586. The Labute approximate surface area is 171 Å². The summed E-state index contributed by atoms with van der Waals surface area (Å²) in [6.45, 7) is 2.17. The lowest BCUT2D eigenvalue weighted by Gasteiger charge is -2.16. The SMILES string of the molecule is Cc1ccc(CN2CC(C(=O)OCC(=O)Nc3sccc3C(N)=O)CC2=O)cc1. The number of hydrogen-bond acceptors (Lipinski definition) is 6. The van der Waals surface area contributed by atoms with E-state index in [-0.39, 0.29) is 24.4 Å². The molecule has 3 rings (SSSR count). The van der Waals surface area contributed by atoms with Crippen molar-refractivity contribution in [3.63, 3.8) is 0 Å². The molecule has 1 atom stereocenters. The maximum Gasteiger partial charge on any atom is 0.311 e. The third-order valence-electron chi connectivity index (χ3n) is 4.57. The van der Waals surface area contributed by atoms with Crippen molar-refractivity contribution in [1.82, 2.24) is 4.90 Å². The Morgan fingerprint density at radius 2 is 1.97 bits per heavy atom. The van der Waals surface area contributed by atoms with E-state index in [0.29, 0.717) is 11.5 Å². The molecule has 1 unspecified atom stereocenters. The minimum Gasteiger partial charge on any atom is -0.455 e. The smallest absolute Gasteiger partial charge is 0.311 e. The standard InChI is InChI=1S/C20H21N3O5S/c1-12-2-4-13(5-3-12)9-23-10-14(8-17(23)25)20(27)28-11-16(24)22-19-15(18(21)26)6-7-29-19/h2-7,14H,8-11H2,1H3,(H2,21,26)(H,22,24). The van der Waals surface area contributed by atoms with E-state index in [1.165, 1.54) is 6.07 Å². The normalized spacial score (nSPS) is 16.0. The Bertz CT molecular complexity index is 938. The molecule has 0 bridgehead atoms. The molecule has 152 valence electrons. The van der Waals surface area contributed by atoms with Crippen molar-refractivity contribution in [1.29, 1.82) is 0 Å². The summed E-state index contributed by atoms with van der Waals surface area (Å²) in [5, 5.41) is 4.42. The number of thiophene rings is 1. The van der Waals surface area contributed by atoms with Crippen LogP contribution in [0.2, 0.25) is 0 Å². The third kappa shape index (κ3) is 5.20. The molecule has 3 N–H and O–H groups in total. The molecule has 2 heterocycles. The number of ether oxygens (including phenoxy) is 1. The van der Waals surface area contributed by atoms with E-state index in [2.05, 4.69) is 5.32 Å². The summed E-state index contributed by atoms with van der Waals surface area (Å²) in [4.78, 5) is 49.3. The van der Waals surface area contributed by atoms with Crippen LogP contribution in [-0.2, 0) is 25.7 Å². The van der Waals surface area contributed by atoms with Gasteiger partial charge in [-0.2, -0.15) is 0 Å². The predicted molar refractivity (Wildman–Crippen MR) is 107 cm³/mol. The van der Waals surface area contributed by atoms with Crippen LogP contribution in [0.15, 0.2) is 35.7 Å². The summed E-state index contributed by atoms with van der Waals surface area (Å²) < 4.78 is 5.06. The Balaban J connectivity index is 1.48. The largest absolute Gasteiger partial charge is 0.455 e. The fourth-order valence-corrected chi connectivity index (χ4v) is 3.82. The molecule has 0 saturated carbocycles. The minimum atomic E-state index is -0.656. The van der Waals surface area contributed by atoms with Gasteiger partial charge >= 0.3 is 5.97 Å². The highest BCUT2D eigenvalue weighted by molar-refractivity contribution is 7.14. The van der Waals surface area contributed by atoms with Gasteiger partial charge in [0.1, 0.15) is 5.00 Å². The number of primary amides is 1. The van der Waals surface area contributed by atoms with E-state index in [0.717, 1.165) is 22.5 Å². The van der Waals surface area contributed by atoms with Crippen LogP contribution in [0.25, 0.3) is 0 Å². The second-order valence-corrected chi connectivity index (χ2v) is 7.76. The first-order chi connectivity index (χ1) is 13.8. The molecule has 0 aliphatic carbocycles. The van der Waals surface area contributed by atoms with Crippen LogP contribution >= 0.6 is 11.3 Å². The van der Waals surface area contributed by atoms with Crippen LogP contribution in [0.3, 0.4) is 0 Å². The van der Waals surface area contributed by atoms with Crippen LogP contribution in [0.1, 0.15) is 27.9 Å². The molecule has 1 fully saturated rings. The molecule has 1 aromatic heterocycles. The van der Waals surface area contributed by atoms with Gasteiger partial charge in [-0.3, -0.25) is 19.2 Å². The van der Waals surface area contributed by atoms with Crippen molar-refractivity contribution >= 4 is 40.0 Å². The summed E-state index contributed by atoms with van der Waals surface area (Å²) in [5.74, 6) is -2.56. The number of nitrogens with zero attached hydrogens (tertiary/aromatic N) is 1. The highest BCUT2D eigenvalue weighted by atomic mass is 32.1. The molecule has 1 saturated heterocycles. The van der Waals surface area contributed by atoms with Crippen LogP contribution in [0.5, 0.6) is 0 Å². The van der Waals surface area contributed by atoms with E-state index >= 15 is 0 Å². The monoisotopic (exact) mass is 415 g/mol. The molecule has 29 heavy (non-hydrogen) atoms. The molecule has 9 heteroatoms. The van der Waals surface area contributed by atoms with E-state index in [9.17, 15) is 19.2 Å². The summed E-state index contributed by atoms with van der Waals surface area (Å²) in [6.07, 6.45) is 0.0586. The van der Waals surface area contributed by atoms with Gasteiger partial charge in [-0.05, 0) is 23.9 Å². The molecule has 8 nitrogen and oxygen atoms in total. The van der Waals surface area contributed by atoms with Gasteiger partial charge in [0.05, 0.1) is 11.5 Å². The zero-order valence-electron chi connectivity index (χ0n) is 15.8. The van der Waals surface area contributed by atoms with Crippen molar-refractivity contribution in [2.24, 2.45) is 11.7 Å². The quantitative estimate of drug-likeness (QED) is 0.667. The lowest BCUT2D eigenvalue weighted by atomic mass is 10.1. The van der Waals surface area contributed by atoms with Crippen LogP contribution < -0.4 is 11.1 Å². The van der Waals surface area contributed by atoms with Crippen molar-refractivity contribution in [2.45, 2.75) is 19.9 Å². The summed E-state index contributed by atoms with van der Waals surface area (Å²) in [5.41, 5.74) is 7.54. The maximum atomic E-state index is 12.3. The Morgan fingerprint density at radius 1 is 1.24 bits per heavy atom. The van der Waals surface area contributed by atoms with Gasteiger partial charge in [0.15, 0.2) is 6.61 Å². The molecule has 1 aromatic carbocycles. The van der Waals surface area contributed by atoms with E-state index < -0.39 is 30.3 Å². The average Bonchev–Trinajstić information content (AvgIpc) is 3.28. The van der Waals surface area contributed by atoms with E-state index in [1.54, 1.807) is 10.3 Å². The second-order valence-electron chi connectivity index (χ2n) is 6.84. The predicted octanol–water partition coefficient (Wildman–Crippen LogP) is 1.69. The summed E-state index contributed by atoms with van der Waals surface area (Å²) in [6, 6.07) is 9.34. The lowest BCUT2D eigenvalue weighted by Crippen LogP contribution is -2.28. The molecular weight excluding hydrogens is 394 g/mol. The molecule has 3 amide bonds. The zero-order valence-corrected chi connectivity index (χ0v) is 16.7. The zero-order chi connectivity index (χ0) is 21.0. The fraction of sp³-hybridized carbons (Fsp3) is 0.300. The number of carbonyl (C=O) groups excluding carboxylic acids is 4. The van der Waals surface area contributed by atoms with Crippen LogP contribution in [0.4, 0.5) is 5.00 Å². The number of amides is 3. The van der Waals surface area contributed by atoms with Crippen LogP contribution in [-0.4, -0.2) is 41.7 Å². The number of nitrogens with one attached hydrogen (secondary N) is 1. The van der Waals surface area contributed by atoms with Crippen molar-refractivity contribution in [2.75, 3.05) is 18.5 Å². The molecular formula is C20H21N3O5S. The van der Waals surface area contributed by atoms with Gasteiger partial charge in [-0.15, -0.1) is 11.3 Å². The van der Waals surface area contributed by atoms with Gasteiger partial charge in [-0.25, -0.2) is 0 Å². The first-order valence-corrected chi connectivity index (χ1v) is 9.88. The van der Waals surface area contributed by atoms with Crippen LogP contribution in [0, 0.1) is 12.8 Å². The summed E-state index contributed by atoms with van der Waals surface area (Å²) >= 11 is 1.14. The van der Waals surface area contributed by atoms with Gasteiger partial charge in [0, 0.05) is 19.5 Å². The molecule has 0 spiro atoms. The first kappa shape index (κ1) is 20.5. The fourth-order valence-electron chi connectivity index (χ4n) is 3.01. The highest BCUT2D eigenvalue weighted by Crippen LogP contribution is 2.23. The number of aryl methyl sites for hydroxylation is 1. The highest BCUT2D eigenvalue weighted by Gasteiger charge is 2.35. The number of benzene rings is 1. The molecule has 1 aliphatic heterocycles. The van der Waals surface area contributed by atoms with Crippen molar-refractivity contribution < 1.29 is 23.9 Å². The van der Waals surface area contributed by atoms with Gasteiger partial charge in [0.2, 0.25) is 5.91 Å². The number of carbonyl (C=O) groups is 4. The molecule has 2 aromatic rings. The van der Waals surface area contributed by atoms with Gasteiger partial charge < -0.3 is 20.7 Å². The van der Waals surface area contributed by atoms with Gasteiger partial charge in [0.25, 0.3) is 11.8 Å². The van der Waals surface area contributed by atoms with Gasteiger partial charge in [-0.1, -0.05) is 29.8 Å². The summed E-state index contributed by atoms with van der Waals surface area (Å²) in [7, 11) is 0. The number of esters is 1. The van der Waals surface area contributed by atoms with E-state index in [4.69, 9.17) is 10.5 Å². The van der Waals surface area contributed by atoms with Crippen molar-refractivity contribution in [3.05, 3.63) is 52.4 Å². The van der Waals surface area contributed by atoms with Crippen molar-refractivity contribution in [3.8, 4) is 0 Å². The number of nitrogens with two attached hydrogens (primary N) is 1. The Morgan fingerprint density at radius 3 is 2.66 bits per heavy atom.